The number of rotatable bonds is 2. The van der Waals surface area contributed by atoms with E-state index >= 15 is 0 Å². The molecule has 0 bridgehead atoms. The van der Waals surface area contributed by atoms with Crippen molar-refractivity contribution in [1.82, 2.24) is 10.6 Å². The van der Waals surface area contributed by atoms with Crippen LogP contribution in [0.3, 0.4) is 0 Å². The van der Waals surface area contributed by atoms with Gasteiger partial charge in [0, 0.05) is 0 Å². The fourth-order valence-corrected chi connectivity index (χ4v) is 2.06. The van der Waals surface area contributed by atoms with Gasteiger partial charge in [-0.2, -0.15) is 0 Å². The van der Waals surface area contributed by atoms with Gasteiger partial charge in [0.25, 0.3) is 0 Å². The highest BCUT2D eigenvalue weighted by molar-refractivity contribution is 6.22. The van der Waals surface area contributed by atoms with Gasteiger partial charge in [-0.05, 0) is 12.0 Å². The lowest BCUT2D eigenvalue weighted by atomic mass is 9.75. The molecule has 88 valence electrons. The molecule has 5 nitrogen and oxygen atoms in total. The topological polar surface area (TPSA) is 75.3 Å². The van der Waals surface area contributed by atoms with E-state index in [2.05, 4.69) is 10.6 Å². The van der Waals surface area contributed by atoms with Crippen LogP contribution in [0.4, 0.5) is 4.79 Å². The molecule has 1 fully saturated rings. The number of carbonyl (C=O) groups is 3. The molecule has 0 saturated carbocycles. The molecule has 0 unspecified atom stereocenters. The van der Waals surface area contributed by atoms with Crippen molar-refractivity contribution < 1.29 is 15.8 Å². The van der Waals surface area contributed by atoms with Crippen molar-refractivity contribution in [3.8, 4) is 0 Å². The molecule has 0 radical (unpaired) electrons. The highest BCUT2D eigenvalue weighted by Crippen LogP contribution is 2.30. The Labute approximate surface area is 99.7 Å². The zero-order valence-electron chi connectivity index (χ0n) is 10.3. The van der Waals surface area contributed by atoms with Crippen LogP contribution in [0.25, 0.3) is 0 Å². The largest absolute Gasteiger partial charge is 1.00 e. The van der Waals surface area contributed by atoms with Gasteiger partial charge in [0.2, 0.25) is 11.8 Å². The highest BCUT2D eigenvalue weighted by atomic mass is 16.2. The molecular weight excluding hydrogens is 220 g/mol. The normalized spacial score (nSPS) is 18.5. The summed E-state index contributed by atoms with van der Waals surface area (Å²) in [4.78, 5) is 35.0. The minimum Gasteiger partial charge on any atom is -0.277 e. The van der Waals surface area contributed by atoms with Gasteiger partial charge >= 0.3 is 7.46 Å². The summed E-state index contributed by atoms with van der Waals surface area (Å²) in [5, 5.41) is 4.28. The van der Waals surface area contributed by atoms with Crippen LogP contribution in [0.2, 0.25) is 0 Å². The monoisotopic (exact) mass is 233 g/mol. The molecule has 2 rings (SSSR count). The van der Waals surface area contributed by atoms with Crippen LogP contribution >= 0.6 is 0 Å². The van der Waals surface area contributed by atoms with E-state index in [1.165, 1.54) is 0 Å². The molecule has 0 spiro atoms. The molecule has 17 heavy (non-hydrogen) atoms. The second-order valence-corrected chi connectivity index (χ2v) is 3.86. The number of nitrogens with one attached hydrogen (secondary N) is 2. The molecular formula is C12H13N2O3+. The number of benzene rings is 1. The lowest BCUT2D eigenvalue weighted by molar-refractivity contribution is -0.138. The highest BCUT2D eigenvalue weighted by Gasteiger charge is 2.50. The predicted molar refractivity (Wildman–Crippen MR) is 61.2 cm³/mol. The fraction of sp³-hybridized carbons (Fsp3) is 0.250. The number of hydrogen-bond donors (Lipinski definition) is 2. The molecule has 0 atom stereocenters. The average Bonchev–Trinajstić information content (AvgIpc) is 2.30. The van der Waals surface area contributed by atoms with E-state index in [4.69, 9.17) is 0 Å². The smallest absolute Gasteiger partial charge is 0.277 e. The molecule has 5 heteroatoms. The molecule has 1 heterocycles. The molecule has 0 aromatic heterocycles. The van der Waals surface area contributed by atoms with E-state index in [0.717, 1.165) is 0 Å². The van der Waals surface area contributed by atoms with Crippen molar-refractivity contribution >= 4 is 17.8 Å². The Morgan fingerprint density at radius 1 is 1.06 bits per heavy atom. The Morgan fingerprint density at radius 3 is 2.06 bits per heavy atom. The van der Waals surface area contributed by atoms with Gasteiger partial charge in [0.05, 0.1) is 0 Å². The third kappa shape index (κ3) is 1.60. The summed E-state index contributed by atoms with van der Waals surface area (Å²) >= 11 is 0. The van der Waals surface area contributed by atoms with E-state index in [9.17, 15) is 14.4 Å². The summed E-state index contributed by atoms with van der Waals surface area (Å²) in [6, 6.07) is 7.96. The van der Waals surface area contributed by atoms with Crippen LogP contribution in [0.1, 0.15) is 20.3 Å². The van der Waals surface area contributed by atoms with Gasteiger partial charge in [-0.3, -0.25) is 20.2 Å². The molecule has 1 aliphatic heterocycles. The van der Waals surface area contributed by atoms with Gasteiger partial charge in [0.1, 0.15) is 0 Å². The van der Waals surface area contributed by atoms with E-state index in [1.807, 2.05) is 0 Å². The Bertz CT molecular complexity index is 467. The summed E-state index contributed by atoms with van der Waals surface area (Å²) in [6.45, 7) is 1.74. The van der Waals surface area contributed by atoms with Crippen molar-refractivity contribution in [2.24, 2.45) is 0 Å². The van der Waals surface area contributed by atoms with Gasteiger partial charge in [-0.15, -0.1) is 0 Å². The molecule has 1 saturated heterocycles. The maximum absolute atomic E-state index is 12.0. The van der Waals surface area contributed by atoms with Gasteiger partial charge in [0.15, 0.2) is 5.41 Å². The molecule has 0 aliphatic carbocycles. The van der Waals surface area contributed by atoms with Crippen molar-refractivity contribution in [2.75, 3.05) is 0 Å². The first kappa shape index (κ1) is 11.3. The number of barbiturate groups is 1. The third-order valence-electron chi connectivity index (χ3n) is 3.03. The number of hydrogen-bond acceptors (Lipinski definition) is 3. The van der Waals surface area contributed by atoms with Crippen molar-refractivity contribution in [1.29, 1.82) is 0 Å². The van der Waals surface area contributed by atoms with Crippen LogP contribution in [0, 0.1) is 0 Å². The Hall–Kier alpha value is -2.17. The van der Waals surface area contributed by atoms with Crippen molar-refractivity contribution in [3.63, 3.8) is 0 Å². The minimum atomic E-state index is -1.31. The minimum absolute atomic E-state index is 0. The van der Waals surface area contributed by atoms with Crippen LogP contribution < -0.4 is 10.6 Å². The van der Waals surface area contributed by atoms with Gasteiger partial charge in [-0.25, -0.2) is 4.79 Å². The predicted octanol–water partition coefficient (Wildman–Crippen LogP) is 0.813. The van der Waals surface area contributed by atoms with Crippen molar-refractivity contribution in [2.45, 2.75) is 18.8 Å². The van der Waals surface area contributed by atoms with Crippen molar-refractivity contribution in [3.05, 3.63) is 35.9 Å². The standard InChI is InChI=1S/C12H12N2O3/c1-2-12(8-6-4-3-5-7-8)9(15)13-11(17)14-10(12)16/h3-7H,2H2,1H3,(H2,13,14,15,16,17)/p+1. The second kappa shape index (κ2) is 4.01. The Balaban J connectivity index is 0.00000162. The van der Waals surface area contributed by atoms with Crippen LogP contribution in [0.5, 0.6) is 0 Å². The fourth-order valence-electron chi connectivity index (χ4n) is 2.06. The molecule has 1 aromatic rings. The number of carbonyl (C=O) groups excluding carboxylic acids is 3. The van der Waals surface area contributed by atoms with E-state index < -0.39 is 23.3 Å². The number of amides is 4. The van der Waals surface area contributed by atoms with Crippen LogP contribution in [-0.2, 0) is 15.0 Å². The second-order valence-electron chi connectivity index (χ2n) is 3.86. The van der Waals surface area contributed by atoms with Crippen LogP contribution in [0.15, 0.2) is 30.3 Å². The number of imide groups is 2. The molecule has 2 N–H and O–H groups in total. The lowest BCUT2D eigenvalue weighted by Crippen LogP contribution is -2.64. The summed E-state index contributed by atoms with van der Waals surface area (Å²) in [5.74, 6) is -1.14. The maximum Gasteiger partial charge on any atom is 1.00 e. The first-order chi connectivity index (χ1) is 8.11. The van der Waals surface area contributed by atoms with E-state index in [1.54, 1.807) is 37.3 Å². The van der Waals surface area contributed by atoms with E-state index in [0.29, 0.717) is 12.0 Å². The number of urea groups is 1. The Kier molecular flexibility index (Phi) is 2.67. The maximum atomic E-state index is 12.0. The molecule has 1 aliphatic rings. The SMILES string of the molecule is CCC1(c2ccccc2)C(=O)NC(=O)NC1=O.[H+]. The molecule has 1 aromatic carbocycles. The van der Waals surface area contributed by atoms with E-state index in [-0.39, 0.29) is 1.43 Å². The summed E-state index contributed by atoms with van der Waals surface area (Å²) in [7, 11) is 0. The first-order valence-corrected chi connectivity index (χ1v) is 5.33. The van der Waals surface area contributed by atoms with Gasteiger partial charge < -0.3 is 0 Å². The van der Waals surface area contributed by atoms with Crippen LogP contribution in [-0.4, -0.2) is 17.8 Å². The average molecular weight is 233 g/mol. The quantitative estimate of drug-likeness (QED) is 0.742. The molecule has 4 amide bonds. The summed E-state index contributed by atoms with van der Waals surface area (Å²) in [5.41, 5.74) is -0.722. The third-order valence-corrected chi connectivity index (χ3v) is 3.03. The zero-order chi connectivity index (χ0) is 12.5. The zero-order valence-corrected chi connectivity index (χ0v) is 9.32. The summed E-state index contributed by atoms with van der Waals surface area (Å²) < 4.78 is 0. The lowest BCUT2D eigenvalue weighted by Gasteiger charge is -2.33. The Morgan fingerprint density at radius 2 is 1.59 bits per heavy atom. The van der Waals surface area contributed by atoms with Gasteiger partial charge in [-0.1, -0.05) is 37.3 Å². The summed E-state index contributed by atoms with van der Waals surface area (Å²) in [6.07, 6.45) is 0.294. The first-order valence-electron chi connectivity index (χ1n) is 5.33.